The van der Waals surface area contributed by atoms with Crippen molar-refractivity contribution in [2.24, 2.45) is 0 Å². The zero-order chi connectivity index (χ0) is 12.1. The number of nitrogens with one attached hydrogen (secondary N) is 2. The quantitative estimate of drug-likeness (QED) is 0.405. The molecule has 9 heteroatoms. The number of rotatable bonds is 7. The number of aliphatic carboxylic acids is 2. The molecule has 0 saturated heterocycles. The Hall–Kier alpha value is 0.128. The summed E-state index contributed by atoms with van der Waals surface area (Å²) >= 11 is -0.472. The van der Waals surface area contributed by atoms with Crippen molar-refractivity contribution in [1.29, 1.82) is 0 Å². The van der Waals surface area contributed by atoms with E-state index in [0.29, 0.717) is 13.1 Å². The minimum absolute atomic E-state index is 0.102. The average Bonchev–Trinajstić information content (AvgIpc) is 2.11. The Labute approximate surface area is 104 Å². The summed E-state index contributed by atoms with van der Waals surface area (Å²) < 4.78 is 0. The van der Waals surface area contributed by atoms with Crippen LogP contribution in [-0.2, 0) is 26.1 Å². The first-order chi connectivity index (χ1) is 7.04. The van der Waals surface area contributed by atoms with Crippen molar-refractivity contribution in [1.82, 2.24) is 10.6 Å². The molecule has 0 aliphatic rings. The molecule has 92 valence electrons. The molecule has 0 aliphatic carbocycles. The summed E-state index contributed by atoms with van der Waals surface area (Å²) in [4.78, 5) is 19.9. The van der Waals surface area contributed by atoms with Gasteiger partial charge in [-0.1, -0.05) is 0 Å². The molecule has 0 fully saturated rings. The van der Waals surface area contributed by atoms with Crippen LogP contribution in [0.3, 0.4) is 0 Å². The van der Waals surface area contributed by atoms with Crippen molar-refractivity contribution in [2.45, 2.75) is 0 Å². The van der Waals surface area contributed by atoms with Gasteiger partial charge in [-0.2, -0.15) is 0 Å². The monoisotopic (exact) mass is 441 g/mol. The molecule has 0 aromatic carbocycles. The number of halogens is 2. The second-order valence-corrected chi connectivity index (χ2v) is 5.47. The molecule has 0 radical (unpaired) electrons. The summed E-state index contributed by atoms with van der Waals surface area (Å²) in [5.74, 6) is -1.85. The van der Waals surface area contributed by atoms with Gasteiger partial charge >= 0.3 is 47.3 Å². The van der Waals surface area contributed by atoms with Crippen LogP contribution in [0.5, 0.6) is 0 Å². The number of carboxylic acid groups (broad SMARTS) is 2. The van der Waals surface area contributed by atoms with E-state index in [9.17, 15) is 9.59 Å². The van der Waals surface area contributed by atoms with E-state index in [0.717, 1.165) is 0 Å². The van der Waals surface area contributed by atoms with Crippen LogP contribution in [0.4, 0.5) is 0 Å². The van der Waals surface area contributed by atoms with Gasteiger partial charge in [0, 0.05) is 13.1 Å². The van der Waals surface area contributed by atoms with Gasteiger partial charge in [0.05, 0.1) is 13.1 Å². The van der Waals surface area contributed by atoms with E-state index in [1.165, 1.54) is 0 Å². The summed E-state index contributed by atoms with van der Waals surface area (Å²) in [7, 11) is 9.75. The fourth-order valence-electron chi connectivity index (χ4n) is 0.567. The van der Waals surface area contributed by atoms with E-state index in [-0.39, 0.29) is 13.1 Å². The molecule has 0 rings (SSSR count). The Morgan fingerprint density at radius 3 is 1.47 bits per heavy atom. The van der Waals surface area contributed by atoms with Crippen molar-refractivity contribution >= 4 is 30.8 Å². The molecule has 0 unspecified atom stereocenters. The fourth-order valence-corrected chi connectivity index (χ4v) is 0.567. The summed E-state index contributed by atoms with van der Waals surface area (Å²) in [6.45, 7) is 0.683. The van der Waals surface area contributed by atoms with Crippen LogP contribution >= 0.6 is 18.8 Å². The van der Waals surface area contributed by atoms with Crippen molar-refractivity contribution in [3.05, 3.63) is 0 Å². The predicted octanol–water partition coefficient (Wildman–Crippen LogP) is -0.289. The normalized spacial score (nSPS) is 9.20. The van der Waals surface area contributed by atoms with Gasteiger partial charge in [0.15, 0.2) is 0 Å². The number of hydrogen-bond acceptors (Lipinski definition) is 4. The first kappa shape index (κ1) is 17.5. The van der Waals surface area contributed by atoms with Crippen LogP contribution in [0.15, 0.2) is 0 Å². The van der Waals surface area contributed by atoms with Crippen LogP contribution < -0.4 is 10.6 Å². The Kier molecular flexibility index (Phi) is 16.5. The molecule has 4 N–H and O–H groups in total. The van der Waals surface area contributed by atoms with Crippen LogP contribution in [0.1, 0.15) is 0 Å². The first-order valence-corrected chi connectivity index (χ1v) is 9.35. The zero-order valence-corrected chi connectivity index (χ0v) is 11.4. The molecular weight excluding hydrogens is 430 g/mol. The summed E-state index contributed by atoms with van der Waals surface area (Å²) in [5, 5.41) is 21.6. The predicted molar refractivity (Wildman–Crippen MR) is 52.7 cm³/mol. The molecule has 0 amide bonds. The van der Waals surface area contributed by atoms with Gasteiger partial charge in [-0.05, 0) is 0 Å². The third-order valence-electron chi connectivity index (χ3n) is 1.03. The topological polar surface area (TPSA) is 98.7 Å². The van der Waals surface area contributed by atoms with E-state index >= 15 is 0 Å². The van der Waals surface area contributed by atoms with Crippen molar-refractivity contribution < 1.29 is 36.3 Å². The molecule has 0 heterocycles. The SMILES string of the molecule is O=C(O)CNCCNCC(=O)O.[Cl][Pt+2][Cl]. The van der Waals surface area contributed by atoms with Crippen LogP contribution in [0.25, 0.3) is 0 Å². The molecule has 0 spiro atoms. The van der Waals surface area contributed by atoms with E-state index in [4.69, 9.17) is 29.0 Å². The van der Waals surface area contributed by atoms with Crippen LogP contribution in [0.2, 0.25) is 0 Å². The van der Waals surface area contributed by atoms with Crippen LogP contribution in [-0.4, -0.2) is 48.3 Å². The van der Waals surface area contributed by atoms with Gasteiger partial charge in [0.2, 0.25) is 0 Å². The van der Waals surface area contributed by atoms with E-state index in [2.05, 4.69) is 10.6 Å². The van der Waals surface area contributed by atoms with Gasteiger partial charge in [-0.3, -0.25) is 9.59 Å². The second-order valence-electron chi connectivity index (χ2n) is 2.19. The van der Waals surface area contributed by atoms with E-state index in [1.54, 1.807) is 0 Å². The molecule has 0 aromatic rings. The maximum atomic E-state index is 9.96. The van der Waals surface area contributed by atoms with Gasteiger partial charge in [0.1, 0.15) is 0 Å². The Morgan fingerprint density at radius 1 is 1.00 bits per heavy atom. The van der Waals surface area contributed by atoms with E-state index in [1.807, 2.05) is 0 Å². The van der Waals surface area contributed by atoms with Gasteiger partial charge < -0.3 is 20.8 Å². The third kappa shape index (κ3) is 24.9. The summed E-state index contributed by atoms with van der Waals surface area (Å²) in [5.41, 5.74) is 0. The van der Waals surface area contributed by atoms with Crippen molar-refractivity contribution in [3.63, 3.8) is 0 Å². The number of carboxylic acids is 2. The summed E-state index contributed by atoms with van der Waals surface area (Å²) in [6, 6.07) is 0. The van der Waals surface area contributed by atoms with E-state index < -0.39 is 28.4 Å². The number of carbonyl (C=O) groups is 2. The van der Waals surface area contributed by atoms with Gasteiger partial charge in [0.25, 0.3) is 0 Å². The Morgan fingerprint density at radius 2 is 1.27 bits per heavy atom. The molecule has 0 bridgehead atoms. The molecule has 15 heavy (non-hydrogen) atoms. The molecule has 6 nitrogen and oxygen atoms in total. The third-order valence-corrected chi connectivity index (χ3v) is 1.03. The van der Waals surface area contributed by atoms with Crippen molar-refractivity contribution in [3.8, 4) is 0 Å². The zero-order valence-electron chi connectivity index (χ0n) is 7.61. The standard InChI is InChI=1S/C6H12N2O4.2ClH.Pt/c9-5(10)3-7-1-2-8-4-6(11)12;;;/h7-8H,1-4H2,(H,9,10)(H,11,12);2*1H;/q;;;+4/p-2. The molecular formula is C6H12Cl2N2O4Pt+2. The fraction of sp³-hybridized carbons (Fsp3) is 0.667. The van der Waals surface area contributed by atoms with Crippen molar-refractivity contribution in [2.75, 3.05) is 26.2 Å². The minimum atomic E-state index is -0.923. The maximum absolute atomic E-state index is 9.96. The average molecular weight is 442 g/mol. The molecule has 0 aromatic heterocycles. The second kappa shape index (κ2) is 14.1. The van der Waals surface area contributed by atoms with Crippen LogP contribution in [0, 0.1) is 0 Å². The molecule has 0 saturated carbocycles. The van der Waals surface area contributed by atoms with Gasteiger partial charge in [-0.25, -0.2) is 0 Å². The Balaban J connectivity index is 0. The molecule has 0 atom stereocenters. The Bertz CT molecular complexity index is 167. The molecule has 0 aliphatic heterocycles. The number of hydrogen-bond donors (Lipinski definition) is 4. The van der Waals surface area contributed by atoms with Gasteiger partial charge in [-0.15, -0.1) is 0 Å². The first-order valence-electron chi connectivity index (χ1n) is 3.72. The summed E-state index contributed by atoms with van der Waals surface area (Å²) in [6.07, 6.45) is 0.